The molecule has 12 heavy (non-hydrogen) atoms. The van der Waals surface area contributed by atoms with Gasteiger partial charge in [-0.1, -0.05) is 13.8 Å². The molecule has 0 aromatic rings. The smallest absolute Gasteiger partial charge is 0.261 e. The Labute approximate surface area is 72.7 Å². The first kappa shape index (κ1) is 9.90. The molecule has 1 saturated heterocycles. The zero-order valence-electron chi connectivity index (χ0n) is 7.52. The lowest BCUT2D eigenvalue weighted by molar-refractivity contribution is 0.0119. The van der Waals surface area contributed by atoms with Crippen LogP contribution in [0.2, 0.25) is 0 Å². The van der Waals surface area contributed by atoms with Gasteiger partial charge >= 0.3 is 0 Å². The van der Waals surface area contributed by atoms with Crippen molar-refractivity contribution in [2.45, 2.75) is 25.7 Å². The number of hydrogen-bond donors (Lipinski definition) is 0. The van der Waals surface area contributed by atoms with Gasteiger partial charge in [-0.2, -0.15) is 0 Å². The van der Waals surface area contributed by atoms with Gasteiger partial charge in [0.2, 0.25) is 0 Å². The van der Waals surface area contributed by atoms with Crippen LogP contribution < -0.4 is 0 Å². The molecule has 0 spiro atoms. The van der Waals surface area contributed by atoms with Crippen LogP contribution >= 0.6 is 0 Å². The molecule has 0 aromatic carbocycles. The summed E-state index contributed by atoms with van der Waals surface area (Å²) in [7, 11) is 0. The van der Waals surface area contributed by atoms with Gasteiger partial charge in [0.25, 0.3) is 5.92 Å². The zero-order valence-corrected chi connectivity index (χ0v) is 7.52. The molecule has 1 rings (SSSR count). The monoisotopic (exact) mass is 176 g/mol. The molecule has 1 radical (unpaired) electrons. The molecule has 0 N–H and O–H groups in total. The quantitative estimate of drug-likeness (QED) is 0.637. The van der Waals surface area contributed by atoms with E-state index >= 15 is 0 Å². The Hall–Kier alpha value is -0.180. The second-order valence-electron chi connectivity index (χ2n) is 3.78. The molecular formula is C9H16F2N. The van der Waals surface area contributed by atoms with E-state index in [-0.39, 0.29) is 13.0 Å². The van der Waals surface area contributed by atoms with Crippen LogP contribution in [0.25, 0.3) is 0 Å². The predicted octanol–water partition coefficient (Wildman–Crippen LogP) is 2.19. The molecule has 1 aliphatic heterocycles. The summed E-state index contributed by atoms with van der Waals surface area (Å²) >= 11 is 0. The molecule has 1 atom stereocenters. The third kappa shape index (κ3) is 3.05. The van der Waals surface area contributed by atoms with Crippen LogP contribution in [0.4, 0.5) is 8.78 Å². The third-order valence-electron chi connectivity index (χ3n) is 2.19. The van der Waals surface area contributed by atoms with E-state index in [0.29, 0.717) is 12.5 Å². The van der Waals surface area contributed by atoms with Crippen molar-refractivity contribution in [1.29, 1.82) is 0 Å². The van der Waals surface area contributed by atoms with Crippen molar-refractivity contribution in [2.75, 3.05) is 19.6 Å². The fraction of sp³-hybridized carbons (Fsp3) is 0.889. The van der Waals surface area contributed by atoms with E-state index < -0.39 is 5.92 Å². The van der Waals surface area contributed by atoms with Crippen molar-refractivity contribution < 1.29 is 8.78 Å². The molecule has 0 bridgehead atoms. The summed E-state index contributed by atoms with van der Waals surface area (Å²) < 4.78 is 25.3. The topological polar surface area (TPSA) is 3.24 Å². The Morgan fingerprint density at radius 1 is 1.58 bits per heavy atom. The Kier molecular flexibility index (Phi) is 3.04. The van der Waals surface area contributed by atoms with Gasteiger partial charge in [-0.3, -0.25) is 4.90 Å². The van der Waals surface area contributed by atoms with Crippen LogP contribution in [0.15, 0.2) is 0 Å². The van der Waals surface area contributed by atoms with Crippen molar-refractivity contribution in [3.63, 3.8) is 0 Å². The van der Waals surface area contributed by atoms with Gasteiger partial charge in [0.15, 0.2) is 0 Å². The van der Waals surface area contributed by atoms with E-state index in [0.717, 1.165) is 13.0 Å². The minimum absolute atomic E-state index is 0.0263. The highest BCUT2D eigenvalue weighted by Gasteiger charge is 2.37. The molecule has 71 valence electrons. The summed E-state index contributed by atoms with van der Waals surface area (Å²) in [5, 5.41) is 0. The van der Waals surface area contributed by atoms with E-state index in [1.165, 1.54) is 0 Å². The van der Waals surface area contributed by atoms with Crippen LogP contribution in [0.5, 0.6) is 0 Å². The van der Waals surface area contributed by atoms with Gasteiger partial charge in [0.1, 0.15) is 0 Å². The molecular weight excluding hydrogens is 160 g/mol. The highest BCUT2D eigenvalue weighted by Crippen LogP contribution is 2.26. The summed E-state index contributed by atoms with van der Waals surface area (Å²) in [5.74, 6) is -2.08. The number of alkyl halides is 2. The molecule has 1 nitrogen and oxygen atoms in total. The van der Waals surface area contributed by atoms with E-state index in [1.54, 1.807) is 0 Å². The van der Waals surface area contributed by atoms with Crippen molar-refractivity contribution >= 4 is 0 Å². The predicted molar refractivity (Wildman–Crippen MR) is 45.1 cm³/mol. The SMILES string of the molecule is [CH2]C(C)CCN1CCC(F)(F)C1. The molecule has 1 aliphatic rings. The average molecular weight is 176 g/mol. The average Bonchev–Trinajstić information content (AvgIpc) is 2.26. The lowest BCUT2D eigenvalue weighted by Gasteiger charge is -2.16. The van der Waals surface area contributed by atoms with Crippen LogP contribution in [0.3, 0.4) is 0 Å². The summed E-state index contributed by atoms with van der Waals surface area (Å²) in [6.45, 7) is 7.08. The van der Waals surface area contributed by atoms with Crippen LogP contribution in [0, 0.1) is 12.8 Å². The van der Waals surface area contributed by atoms with Gasteiger partial charge in [-0.05, 0) is 18.9 Å². The van der Waals surface area contributed by atoms with Gasteiger partial charge < -0.3 is 0 Å². The van der Waals surface area contributed by atoms with Crippen LogP contribution in [-0.2, 0) is 0 Å². The summed E-state index contributed by atoms with van der Waals surface area (Å²) in [6, 6.07) is 0. The lowest BCUT2D eigenvalue weighted by Crippen LogP contribution is -2.26. The summed E-state index contributed by atoms with van der Waals surface area (Å²) in [6.07, 6.45) is 0.939. The normalized spacial score (nSPS) is 23.8. The van der Waals surface area contributed by atoms with Crippen molar-refractivity contribution in [3.05, 3.63) is 6.92 Å². The molecule has 0 saturated carbocycles. The summed E-state index contributed by atoms with van der Waals surface area (Å²) in [5.41, 5.74) is 0. The van der Waals surface area contributed by atoms with Crippen molar-refractivity contribution in [1.82, 2.24) is 4.90 Å². The standard InChI is InChI=1S/C9H16F2N/c1-8(2)3-5-12-6-4-9(10,11)7-12/h8H,1,3-7H2,2H3. The highest BCUT2D eigenvalue weighted by molar-refractivity contribution is 4.81. The first-order valence-electron chi connectivity index (χ1n) is 4.43. The van der Waals surface area contributed by atoms with E-state index in [9.17, 15) is 8.78 Å². The number of halogens is 2. The maximum atomic E-state index is 12.7. The maximum absolute atomic E-state index is 12.7. The van der Waals surface area contributed by atoms with E-state index in [1.807, 2.05) is 11.8 Å². The Morgan fingerprint density at radius 3 is 2.67 bits per heavy atom. The second kappa shape index (κ2) is 3.69. The van der Waals surface area contributed by atoms with Gasteiger partial charge in [0.05, 0.1) is 6.54 Å². The molecule has 0 amide bonds. The lowest BCUT2D eigenvalue weighted by atomic mass is 10.1. The maximum Gasteiger partial charge on any atom is 0.261 e. The van der Waals surface area contributed by atoms with Crippen molar-refractivity contribution in [3.8, 4) is 0 Å². The Bertz CT molecular complexity index is 145. The highest BCUT2D eigenvalue weighted by atomic mass is 19.3. The molecule has 0 aromatic heterocycles. The number of rotatable bonds is 3. The molecule has 1 fully saturated rings. The third-order valence-corrected chi connectivity index (χ3v) is 2.19. The van der Waals surface area contributed by atoms with E-state index in [2.05, 4.69) is 6.92 Å². The second-order valence-corrected chi connectivity index (χ2v) is 3.78. The van der Waals surface area contributed by atoms with Crippen LogP contribution in [-0.4, -0.2) is 30.5 Å². The molecule has 1 unspecified atom stereocenters. The fourth-order valence-corrected chi connectivity index (χ4v) is 1.40. The van der Waals surface area contributed by atoms with E-state index in [4.69, 9.17) is 0 Å². The molecule has 3 heteroatoms. The van der Waals surface area contributed by atoms with Gasteiger partial charge in [0, 0.05) is 13.0 Å². The number of nitrogens with zero attached hydrogens (tertiary/aromatic N) is 1. The van der Waals surface area contributed by atoms with Crippen molar-refractivity contribution in [2.24, 2.45) is 5.92 Å². The largest absolute Gasteiger partial charge is 0.297 e. The summed E-state index contributed by atoms with van der Waals surface area (Å²) in [4.78, 5) is 1.82. The first-order chi connectivity index (χ1) is 5.49. The number of likely N-dealkylation sites (tertiary alicyclic amines) is 1. The van der Waals surface area contributed by atoms with Gasteiger partial charge in [-0.25, -0.2) is 8.78 Å². The number of hydrogen-bond acceptors (Lipinski definition) is 1. The minimum Gasteiger partial charge on any atom is -0.297 e. The van der Waals surface area contributed by atoms with Crippen LogP contribution in [0.1, 0.15) is 19.8 Å². The molecule has 1 heterocycles. The first-order valence-corrected chi connectivity index (χ1v) is 4.43. The Morgan fingerprint density at radius 2 is 2.25 bits per heavy atom. The Balaban J connectivity index is 2.20. The molecule has 0 aliphatic carbocycles. The minimum atomic E-state index is -2.44. The zero-order chi connectivity index (χ0) is 9.19. The fourth-order valence-electron chi connectivity index (χ4n) is 1.40. The van der Waals surface area contributed by atoms with Gasteiger partial charge in [-0.15, -0.1) is 0 Å².